The van der Waals surface area contributed by atoms with Gasteiger partial charge in [0.25, 0.3) is 5.91 Å². The number of aromatic nitrogens is 1. The van der Waals surface area contributed by atoms with Gasteiger partial charge in [-0.05, 0) is 43.5 Å². The summed E-state index contributed by atoms with van der Waals surface area (Å²) in [7, 11) is 0. The van der Waals surface area contributed by atoms with E-state index in [2.05, 4.69) is 17.2 Å². The van der Waals surface area contributed by atoms with Gasteiger partial charge < -0.3 is 15.0 Å². The third-order valence-electron chi connectivity index (χ3n) is 5.14. The van der Waals surface area contributed by atoms with Gasteiger partial charge in [0.1, 0.15) is 12.3 Å². The minimum atomic E-state index is -0.210. The van der Waals surface area contributed by atoms with Gasteiger partial charge in [0.15, 0.2) is 5.13 Å². The average Bonchev–Trinajstić information content (AvgIpc) is 3.26. The van der Waals surface area contributed by atoms with Crippen molar-refractivity contribution < 1.29 is 14.3 Å². The van der Waals surface area contributed by atoms with Crippen LogP contribution in [0.3, 0.4) is 0 Å². The molecule has 0 atom stereocenters. The Balaban J connectivity index is 1.68. The molecule has 29 heavy (non-hydrogen) atoms. The Kier molecular flexibility index (Phi) is 8.04. The van der Waals surface area contributed by atoms with Crippen LogP contribution in [0.5, 0.6) is 5.75 Å². The molecule has 1 saturated carbocycles. The van der Waals surface area contributed by atoms with Gasteiger partial charge in [-0.3, -0.25) is 9.59 Å². The van der Waals surface area contributed by atoms with E-state index in [-0.39, 0.29) is 24.4 Å². The third kappa shape index (κ3) is 6.29. The number of hydrogen-bond donors (Lipinski definition) is 1. The summed E-state index contributed by atoms with van der Waals surface area (Å²) in [6, 6.07) is 7.34. The van der Waals surface area contributed by atoms with E-state index in [1.807, 2.05) is 17.5 Å². The standard InChI is InChI=1S/C22H29N3O3S/c1-2-3-14-28-19-11-9-17(10-12-19)21(27)25(18-7-5-4-6-8-18)16-20(26)24-22-23-13-15-29-22/h9-13,15,18H,2-8,14,16H2,1H3,(H,23,24,26). The number of nitrogens with zero attached hydrogens (tertiary/aromatic N) is 2. The molecule has 2 amide bonds. The van der Waals surface area contributed by atoms with Crippen LogP contribution in [0.1, 0.15) is 62.2 Å². The minimum Gasteiger partial charge on any atom is -0.494 e. The highest BCUT2D eigenvalue weighted by Crippen LogP contribution is 2.25. The summed E-state index contributed by atoms with van der Waals surface area (Å²) >= 11 is 1.37. The van der Waals surface area contributed by atoms with E-state index in [0.717, 1.165) is 44.3 Å². The van der Waals surface area contributed by atoms with E-state index in [0.29, 0.717) is 17.3 Å². The molecule has 1 fully saturated rings. The van der Waals surface area contributed by atoms with Crippen molar-refractivity contribution in [1.29, 1.82) is 0 Å². The van der Waals surface area contributed by atoms with Crippen LogP contribution in [0.4, 0.5) is 5.13 Å². The van der Waals surface area contributed by atoms with Crippen LogP contribution in [-0.4, -0.2) is 40.9 Å². The van der Waals surface area contributed by atoms with Gasteiger partial charge in [-0.25, -0.2) is 4.98 Å². The Hall–Kier alpha value is -2.41. The highest BCUT2D eigenvalue weighted by Gasteiger charge is 2.28. The van der Waals surface area contributed by atoms with Crippen LogP contribution in [0, 0.1) is 0 Å². The highest BCUT2D eigenvalue weighted by atomic mass is 32.1. The van der Waals surface area contributed by atoms with Crippen LogP contribution >= 0.6 is 11.3 Å². The molecule has 0 unspecified atom stereocenters. The Morgan fingerprint density at radius 3 is 2.62 bits per heavy atom. The zero-order chi connectivity index (χ0) is 20.5. The van der Waals surface area contributed by atoms with Gasteiger partial charge in [0, 0.05) is 23.2 Å². The zero-order valence-electron chi connectivity index (χ0n) is 16.9. The number of rotatable bonds is 9. The van der Waals surface area contributed by atoms with Gasteiger partial charge in [0.05, 0.1) is 6.61 Å². The fourth-order valence-corrected chi connectivity index (χ4v) is 4.10. The molecule has 3 rings (SSSR count). The lowest BCUT2D eigenvalue weighted by Gasteiger charge is -2.34. The SMILES string of the molecule is CCCCOc1ccc(C(=O)N(CC(=O)Nc2nccs2)C2CCCCC2)cc1. The number of hydrogen-bond acceptors (Lipinski definition) is 5. The van der Waals surface area contributed by atoms with E-state index < -0.39 is 0 Å². The molecule has 1 aliphatic carbocycles. The quantitative estimate of drug-likeness (QED) is 0.601. The van der Waals surface area contributed by atoms with E-state index >= 15 is 0 Å². The molecular formula is C22H29N3O3S. The second-order valence-corrected chi connectivity index (χ2v) is 8.23. The molecule has 0 radical (unpaired) electrons. The van der Waals surface area contributed by atoms with Crippen molar-refractivity contribution in [2.45, 2.75) is 57.9 Å². The van der Waals surface area contributed by atoms with Crippen molar-refractivity contribution in [1.82, 2.24) is 9.88 Å². The van der Waals surface area contributed by atoms with Crippen LogP contribution in [0.2, 0.25) is 0 Å². The summed E-state index contributed by atoms with van der Waals surface area (Å²) in [5, 5.41) is 5.15. The first kappa shape index (κ1) is 21.3. The number of benzene rings is 1. The summed E-state index contributed by atoms with van der Waals surface area (Å²) in [5.74, 6) is 0.449. The molecule has 156 valence electrons. The first-order valence-electron chi connectivity index (χ1n) is 10.4. The molecule has 2 aromatic rings. The number of unbranched alkanes of at least 4 members (excludes halogenated alkanes) is 1. The van der Waals surface area contributed by atoms with Crippen molar-refractivity contribution >= 4 is 28.3 Å². The van der Waals surface area contributed by atoms with Gasteiger partial charge in [-0.15, -0.1) is 11.3 Å². The van der Waals surface area contributed by atoms with Crippen LogP contribution in [-0.2, 0) is 4.79 Å². The van der Waals surface area contributed by atoms with Gasteiger partial charge in [-0.2, -0.15) is 0 Å². The topological polar surface area (TPSA) is 71.5 Å². The molecule has 0 bridgehead atoms. The summed E-state index contributed by atoms with van der Waals surface area (Å²) < 4.78 is 5.69. The number of carbonyl (C=O) groups excluding carboxylic acids is 2. The van der Waals surface area contributed by atoms with E-state index in [1.165, 1.54) is 17.8 Å². The maximum absolute atomic E-state index is 13.2. The molecule has 1 heterocycles. The second-order valence-electron chi connectivity index (χ2n) is 7.34. The van der Waals surface area contributed by atoms with E-state index in [4.69, 9.17) is 4.74 Å². The lowest BCUT2D eigenvalue weighted by Crippen LogP contribution is -2.45. The summed E-state index contributed by atoms with van der Waals surface area (Å²) in [6.45, 7) is 2.84. The lowest BCUT2D eigenvalue weighted by molar-refractivity contribution is -0.117. The highest BCUT2D eigenvalue weighted by molar-refractivity contribution is 7.13. The largest absolute Gasteiger partial charge is 0.494 e. The summed E-state index contributed by atoms with van der Waals surface area (Å²) in [5.41, 5.74) is 0.584. The number of anilines is 1. The molecule has 1 aromatic carbocycles. The molecule has 0 saturated heterocycles. The molecule has 1 N–H and O–H groups in total. The van der Waals surface area contributed by atoms with Crippen molar-refractivity contribution in [3.8, 4) is 5.75 Å². The lowest BCUT2D eigenvalue weighted by atomic mass is 9.93. The Bertz CT molecular complexity index is 771. The van der Waals surface area contributed by atoms with Crippen LogP contribution < -0.4 is 10.1 Å². The number of nitrogens with one attached hydrogen (secondary N) is 1. The van der Waals surface area contributed by atoms with Crippen LogP contribution in [0.15, 0.2) is 35.8 Å². The molecular weight excluding hydrogens is 386 g/mol. The zero-order valence-corrected chi connectivity index (χ0v) is 17.7. The maximum Gasteiger partial charge on any atom is 0.254 e. The predicted octanol–water partition coefficient (Wildman–Crippen LogP) is 4.74. The normalized spacial score (nSPS) is 14.4. The number of ether oxygens (including phenoxy) is 1. The fraction of sp³-hybridized carbons (Fsp3) is 0.500. The third-order valence-corrected chi connectivity index (χ3v) is 5.83. The molecule has 0 spiro atoms. The van der Waals surface area contributed by atoms with Gasteiger partial charge in [0.2, 0.25) is 5.91 Å². The Morgan fingerprint density at radius 1 is 1.21 bits per heavy atom. The first-order valence-corrected chi connectivity index (χ1v) is 11.3. The van der Waals surface area contributed by atoms with Crippen molar-refractivity contribution in [3.05, 3.63) is 41.4 Å². The van der Waals surface area contributed by atoms with E-state index in [1.54, 1.807) is 23.2 Å². The van der Waals surface area contributed by atoms with Crippen molar-refractivity contribution in [2.75, 3.05) is 18.5 Å². The summed E-state index contributed by atoms with van der Waals surface area (Å²) in [6.07, 6.45) is 8.98. The first-order chi connectivity index (χ1) is 14.2. The second kappa shape index (κ2) is 11.0. The number of amides is 2. The molecule has 0 aliphatic heterocycles. The average molecular weight is 416 g/mol. The maximum atomic E-state index is 13.2. The van der Waals surface area contributed by atoms with E-state index in [9.17, 15) is 9.59 Å². The smallest absolute Gasteiger partial charge is 0.254 e. The van der Waals surface area contributed by atoms with Crippen molar-refractivity contribution in [2.24, 2.45) is 0 Å². The van der Waals surface area contributed by atoms with Crippen LogP contribution in [0.25, 0.3) is 0 Å². The van der Waals surface area contributed by atoms with Gasteiger partial charge >= 0.3 is 0 Å². The van der Waals surface area contributed by atoms with Gasteiger partial charge in [-0.1, -0.05) is 32.6 Å². The van der Waals surface area contributed by atoms with Crippen molar-refractivity contribution in [3.63, 3.8) is 0 Å². The monoisotopic (exact) mass is 415 g/mol. The Labute approximate surface area is 176 Å². The molecule has 1 aromatic heterocycles. The molecule has 1 aliphatic rings. The fourth-order valence-electron chi connectivity index (χ4n) is 3.55. The predicted molar refractivity (Wildman–Crippen MR) is 115 cm³/mol. The Morgan fingerprint density at radius 2 is 1.97 bits per heavy atom. The number of carbonyl (C=O) groups is 2. The summed E-state index contributed by atoms with van der Waals surface area (Å²) in [4.78, 5) is 31.6. The number of thiazole rings is 1. The molecule has 7 heteroatoms. The molecule has 6 nitrogen and oxygen atoms in total. The minimum absolute atomic E-state index is 0.0395.